The number of esters is 1. The molecule has 25 heavy (non-hydrogen) atoms. The van der Waals surface area contributed by atoms with Crippen LogP contribution in [0.2, 0.25) is 0 Å². The summed E-state index contributed by atoms with van der Waals surface area (Å²) < 4.78 is 17.7. The van der Waals surface area contributed by atoms with Gasteiger partial charge in [-0.3, -0.25) is 0 Å². The van der Waals surface area contributed by atoms with Gasteiger partial charge in [0.05, 0.1) is 10.8 Å². The summed E-state index contributed by atoms with van der Waals surface area (Å²) in [6.45, 7) is 2.01. The normalized spacial score (nSPS) is 12.6. The fourth-order valence-electron chi connectivity index (χ4n) is 2.00. The standard InChI is InChI=1S/C21H18O3S/c1-3-21(22)24-15-7-10-20(16-18-8-5-4-6-9-18)25(23)19-13-11-17(2)12-14-19/h1,4-14,16H,15H2,2H3/b10-7+,20-16-. The van der Waals surface area contributed by atoms with Crippen LogP contribution in [0.25, 0.3) is 6.08 Å². The molecule has 0 aliphatic heterocycles. The fourth-order valence-corrected chi connectivity index (χ4v) is 3.12. The lowest BCUT2D eigenvalue weighted by atomic mass is 10.2. The van der Waals surface area contributed by atoms with Crippen LogP contribution in [0, 0.1) is 19.3 Å². The Kier molecular flexibility index (Phi) is 6.94. The number of ether oxygens (including phenoxy) is 1. The summed E-state index contributed by atoms with van der Waals surface area (Å²) in [5.41, 5.74) is 2.04. The number of allylic oxidation sites excluding steroid dienone is 1. The summed E-state index contributed by atoms with van der Waals surface area (Å²) in [6.07, 6.45) is 10.1. The smallest absolute Gasteiger partial charge is 0.384 e. The second kappa shape index (κ2) is 9.41. The largest absolute Gasteiger partial charge is 0.452 e. The molecule has 4 heteroatoms. The summed E-state index contributed by atoms with van der Waals surface area (Å²) in [5.74, 6) is 1.15. The van der Waals surface area contributed by atoms with E-state index in [-0.39, 0.29) is 6.61 Å². The summed E-state index contributed by atoms with van der Waals surface area (Å²) in [6, 6.07) is 17.1. The third-order valence-corrected chi connectivity index (χ3v) is 4.65. The van der Waals surface area contributed by atoms with Crippen molar-refractivity contribution < 1.29 is 13.7 Å². The average Bonchev–Trinajstić information content (AvgIpc) is 2.64. The highest BCUT2D eigenvalue weighted by atomic mass is 32.2. The van der Waals surface area contributed by atoms with E-state index in [1.165, 1.54) is 0 Å². The highest BCUT2D eigenvalue weighted by molar-refractivity contribution is 7.89. The third-order valence-electron chi connectivity index (χ3n) is 3.27. The monoisotopic (exact) mass is 350 g/mol. The van der Waals surface area contributed by atoms with Crippen LogP contribution in [0.4, 0.5) is 0 Å². The maximum atomic E-state index is 12.9. The molecule has 2 aromatic rings. The predicted molar refractivity (Wildman–Crippen MR) is 101 cm³/mol. The Morgan fingerprint density at radius 3 is 2.48 bits per heavy atom. The molecular weight excluding hydrogens is 332 g/mol. The van der Waals surface area contributed by atoms with E-state index < -0.39 is 16.8 Å². The van der Waals surface area contributed by atoms with Gasteiger partial charge in [-0.15, -0.1) is 6.42 Å². The first kappa shape index (κ1) is 18.4. The minimum atomic E-state index is -1.35. The van der Waals surface area contributed by atoms with Crippen LogP contribution in [0.5, 0.6) is 0 Å². The number of carbonyl (C=O) groups is 1. The van der Waals surface area contributed by atoms with Crippen LogP contribution in [0.1, 0.15) is 11.1 Å². The lowest BCUT2D eigenvalue weighted by molar-refractivity contribution is -0.135. The Hall–Kier alpha value is -2.90. The third kappa shape index (κ3) is 5.91. The molecule has 2 rings (SSSR count). The molecule has 0 N–H and O–H groups in total. The second-order valence-corrected chi connectivity index (χ2v) is 6.66. The Morgan fingerprint density at radius 1 is 1.16 bits per heavy atom. The molecule has 1 unspecified atom stereocenters. The summed E-state index contributed by atoms with van der Waals surface area (Å²) >= 11 is 0. The molecule has 0 heterocycles. The Balaban J connectivity index is 2.25. The van der Waals surface area contributed by atoms with E-state index in [1.807, 2.05) is 73.5 Å². The fraction of sp³-hybridized carbons (Fsp3) is 0.0952. The number of terminal acetylenes is 1. The van der Waals surface area contributed by atoms with Gasteiger partial charge in [0.2, 0.25) is 0 Å². The van der Waals surface area contributed by atoms with Crippen LogP contribution in [0.3, 0.4) is 0 Å². The van der Waals surface area contributed by atoms with Crippen molar-refractivity contribution in [2.24, 2.45) is 0 Å². The van der Waals surface area contributed by atoms with Gasteiger partial charge in [0.25, 0.3) is 0 Å². The van der Waals surface area contributed by atoms with Gasteiger partial charge in [0.1, 0.15) is 6.61 Å². The van der Waals surface area contributed by atoms with E-state index >= 15 is 0 Å². The molecule has 0 aromatic heterocycles. The molecule has 1 atom stereocenters. The molecule has 3 nitrogen and oxygen atoms in total. The van der Waals surface area contributed by atoms with E-state index in [0.717, 1.165) is 11.1 Å². The lowest BCUT2D eigenvalue weighted by Crippen LogP contribution is -2.00. The molecule has 0 aliphatic carbocycles. The van der Waals surface area contributed by atoms with E-state index in [9.17, 15) is 9.00 Å². The lowest BCUT2D eigenvalue weighted by Gasteiger charge is -2.05. The topological polar surface area (TPSA) is 43.4 Å². The van der Waals surface area contributed by atoms with Crippen molar-refractivity contribution in [1.29, 1.82) is 0 Å². The number of hydrogen-bond donors (Lipinski definition) is 0. The van der Waals surface area contributed by atoms with Crippen molar-refractivity contribution >= 4 is 22.8 Å². The maximum absolute atomic E-state index is 12.9. The van der Waals surface area contributed by atoms with Gasteiger partial charge in [-0.25, -0.2) is 9.00 Å². The van der Waals surface area contributed by atoms with Gasteiger partial charge in [0.15, 0.2) is 0 Å². The summed E-state index contributed by atoms with van der Waals surface area (Å²) in [5, 5.41) is 0. The van der Waals surface area contributed by atoms with Crippen molar-refractivity contribution in [2.45, 2.75) is 11.8 Å². The first-order valence-electron chi connectivity index (χ1n) is 7.65. The van der Waals surface area contributed by atoms with Crippen molar-refractivity contribution in [3.63, 3.8) is 0 Å². The Labute approximate surface area is 150 Å². The number of rotatable bonds is 6. The van der Waals surface area contributed by atoms with Crippen LogP contribution in [-0.2, 0) is 20.3 Å². The summed E-state index contributed by atoms with van der Waals surface area (Å²) in [4.78, 5) is 12.3. The van der Waals surface area contributed by atoms with Crippen LogP contribution in [0.15, 0.2) is 76.5 Å². The van der Waals surface area contributed by atoms with E-state index in [4.69, 9.17) is 11.2 Å². The van der Waals surface area contributed by atoms with Gasteiger partial charge < -0.3 is 4.74 Å². The second-order valence-electron chi connectivity index (χ2n) is 5.18. The van der Waals surface area contributed by atoms with Gasteiger partial charge in [-0.1, -0.05) is 48.0 Å². The molecule has 0 radical (unpaired) electrons. The number of hydrogen-bond acceptors (Lipinski definition) is 3. The number of benzene rings is 2. The van der Waals surface area contributed by atoms with Crippen LogP contribution < -0.4 is 0 Å². The molecule has 0 spiro atoms. The molecular formula is C21H18O3S. The zero-order valence-corrected chi connectivity index (χ0v) is 14.7. The SMILES string of the molecule is C#CC(=O)OC/C=C/C(=C/c1ccccc1)S(=O)c1ccc(C)cc1. The number of carbonyl (C=O) groups excluding carboxylic acids is 1. The minimum Gasteiger partial charge on any atom is -0.452 e. The molecule has 0 saturated carbocycles. The van der Waals surface area contributed by atoms with E-state index in [0.29, 0.717) is 9.80 Å². The summed E-state index contributed by atoms with van der Waals surface area (Å²) in [7, 11) is -1.35. The zero-order valence-electron chi connectivity index (χ0n) is 13.8. The molecule has 0 bridgehead atoms. The predicted octanol–water partition coefficient (Wildman–Crippen LogP) is 3.88. The molecule has 0 amide bonds. The highest BCUT2D eigenvalue weighted by Crippen LogP contribution is 2.19. The molecule has 0 aliphatic rings. The van der Waals surface area contributed by atoms with Crippen molar-refractivity contribution in [2.75, 3.05) is 6.61 Å². The van der Waals surface area contributed by atoms with Gasteiger partial charge >= 0.3 is 5.97 Å². The molecule has 0 fully saturated rings. The van der Waals surface area contributed by atoms with Crippen LogP contribution in [-0.4, -0.2) is 16.8 Å². The first-order chi connectivity index (χ1) is 12.1. The van der Waals surface area contributed by atoms with E-state index in [2.05, 4.69) is 0 Å². The van der Waals surface area contributed by atoms with E-state index in [1.54, 1.807) is 12.2 Å². The maximum Gasteiger partial charge on any atom is 0.384 e. The molecule has 0 saturated heterocycles. The Bertz CT molecular complexity index is 841. The van der Waals surface area contributed by atoms with Crippen LogP contribution >= 0.6 is 0 Å². The first-order valence-corrected chi connectivity index (χ1v) is 8.80. The number of aryl methyl sites for hydroxylation is 1. The van der Waals surface area contributed by atoms with Gasteiger partial charge in [-0.2, -0.15) is 0 Å². The minimum absolute atomic E-state index is 0.0280. The van der Waals surface area contributed by atoms with Gasteiger partial charge in [0, 0.05) is 15.7 Å². The zero-order chi connectivity index (χ0) is 18.1. The van der Waals surface area contributed by atoms with Crippen molar-refractivity contribution in [3.05, 3.63) is 82.8 Å². The van der Waals surface area contributed by atoms with Gasteiger partial charge in [-0.05, 0) is 42.8 Å². The quantitative estimate of drug-likeness (QED) is 0.344. The highest BCUT2D eigenvalue weighted by Gasteiger charge is 2.08. The Morgan fingerprint density at radius 2 is 1.84 bits per heavy atom. The molecule has 2 aromatic carbocycles. The average molecular weight is 350 g/mol. The molecule has 126 valence electrons. The van der Waals surface area contributed by atoms with Crippen molar-refractivity contribution in [1.82, 2.24) is 0 Å². The van der Waals surface area contributed by atoms with Crippen molar-refractivity contribution in [3.8, 4) is 12.3 Å².